The molecule has 18 heavy (non-hydrogen) atoms. The summed E-state index contributed by atoms with van der Waals surface area (Å²) in [6.45, 7) is 0. The third-order valence-corrected chi connectivity index (χ3v) is 4.84. The molecule has 0 saturated carbocycles. The molecule has 2 aromatic rings. The van der Waals surface area contributed by atoms with Crippen LogP contribution in [0.1, 0.15) is 0 Å². The van der Waals surface area contributed by atoms with Crippen molar-refractivity contribution in [3.63, 3.8) is 0 Å². The second-order valence-corrected chi connectivity index (χ2v) is 6.49. The summed E-state index contributed by atoms with van der Waals surface area (Å²) >= 11 is 9.10. The Morgan fingerprint density at radius 2 is 1.72 bits per heavy atom. The highest BCUT2D eigenvalue weighted by Crippen LogP contribution is 2.26. The van der Waals surface area contributed by atoms with Crippen LogP contribution in [0.25, 0.3) is 0 Å². The number of para-hydroxylation sites is 1. The van der Waals surface area contributed by atoms with Crippen molar-refractivity contribution in [2.75, 3.05) is 4.72 Å². The SMILES string of the molecule is O=S(=O)(Nc1ccccc1)c1ccc(Br)c(Cl)c1. The summed E-state index contributed by atoms with van der Waals surface area (Å²) in [7, 11) is -3.61. The quantitative estimate of drug-likeness (QED) is 0.916. The molecule has 0 fully saturated rings. The van der Waals surface area contributed by atoms with Crippen LogP contribution in [-0.4, -0.2) is 8.42 Å². The Hall–Kier alpha value is -1.04. The molecule has 0 aromatic heterocycles. The van der Waals surface area contributed by atoms with E-state index in [4.69, 9.17) is 11.6 Å². The fraction of sp³-hybridized carbons (Fsp3) is 0. The van der Waals surface area contributed by atoms with E-state index in [-0.39, 0.29) is 4.90 Å². The number of nitrogens with one attached hydrogen (secondary N) is 1. The van der Waals surface area contributed by atoms with Crippen LogP contribution in [0.15, 0.2) is 57.9 Å². The Kier molecular flexibility index (Phi) is 3.94. The molecule has 0 atom stereocenters. The average Bonchev–Trinajstić information content (AvgIpc) is 2.33. The zero-order valence-corrected chi connectivity index (χ0v) is 12.3. The molecule has 1 N–H and O–H groups in total. The van der Waals surface area contributed by atoms with E-state index in [2.05, 4.69) is 20.7 Å². The lowest BCUT2D eigenvalue weighted by atomic mass is 10.3. The fourth-order valence-corrected chi connectivity index (χ4v) is 2.94. The van der Waals surface area contributed by atoms with Crippen molar-refractivity contribution < 1.29 is 8.42 Å². The molecular weight excluding hydrogens is 338 g/mol. The summed E-state index contributed by atoms with van der Waals surface area (Å²) in [4.78, 5) is 0.125. The predicted molar refractivity (Wildman–Crippen MR) is 76.4 cm³/mol. The van der Waals surface area contributed by atoms with Crippen LogP contribution in [0.4, 0.5) is 5.69 Å². The van der Waals surface area contributed by atoms with E-state index in [0.29, 0.717) is 15.2 Å². The Morgan fingerprint density at radius 1 is 1.06 bits per heavy atom. The van der Waals surface area contributed by atoms with Crippen molar-refractivity contribution in [1.82, 2.24) is 0 Å². The summed E-state index contributed by atoms with van der Waals surface area (Å²) in [5, 5.41) is 0.353. The highest BCUT2D eigenvalue weighted by molar-refractivity contribution is 9.10. The lowest BCUT2D eigenvalue weighted by molar-refractivity contribution is 0.601. The van der Waals surface area contributed by atoms with Crippen molar-refractivity contribution in [3.05, 3.63) is 58.0 Å². The van der Waals surface area contributed by atoms with Crippen LogP contribution in [0.2, 0.25) is 5.02 Å². The van der Waals surface area contributed by atoms with Crippen molar-refractivity contribution in [3.8, 4) is 0 Å². The molecular formula is C12H9BrClNO2S. The monoisotopic (exact) mass is 345 g/mol. The van der Waals surface area contributed by atoms with E-state index >= 15 is 0 Å². The minimum atomic E-state index is -3.61. The molecule has 0 aliphatic carbocycles. The van der Waals surface area contributed by atoms with Gasteiger partial charge < -0.3 is 0 Å². The molecule has 3 nitrogen and oxygen atoms in total. The third kappa shape index (κ3) is 3.04. The number of halogens is 2. The summed E-state index contributed by atoms with van der Waals surface area (Å²) in [5.74, 6) is 0. The average molecular weight is 347 g/mol. The maximum absolute atomic E-state index is 12.1. The first-order chi connectivity index (χ1) is 8.49. The first-order valence-corrected chi connectivity index (χ1v) is 7.67. The lowest BCUT2D eigenvalue weighted by Gasteiger charge is -2.08. The van der Waals surface area contributed by atoms with Crippen LogP contribution >= 0.6 is 27.5 Å². The molecule has 0 aliphatic heterocycles. The van der Waals surface area contributed by atoms with Gasteiger partial charge in [0.25, 0.3) is 10.0 Å². The van der Waals surface area contributed by atoms with E-state index in [1.165, 1.54) is 12.1 Å². The molecule has 0 saturated heterocycles. The summed E-state index contributed by atoms with van der Waals surface area (Å²) < 4.78 is 27.3. The van der Waals surface area contributed by atoms with Gasteiger partial charge in [0.1, 0.15) is 0 Å². The smallest absolute Gasteiger partial charge is 0.261 e. The highest BCUT2D eigenvalue weighted by atomic mass is 79.9. The van der Waals surface area contributed by atoms with Gasteiger partial charge in [-0.05, 0) is 46.3 Å². The van der Waals surface area contributed by atoms with Gasteiger partial charge in [-0.25, -0.2) is 8.42 Å². The topological polar surface area (TPSA) is 46.2 Å². The Bertz CT molecular complexity index is 659. The normalized spacial score (nSPS) is 11.2. The van der Waals surface area contributed by atoms with Crippen LogP contribution in [0, 0.1) is 0 Å². The minimum absolute atomic E-state index is 0.125. The van der Waals surface area contributed by atoms with E-state index in [9.17, 15) is 8.42 Å². The van der Waals surface area contributed by atoms with Crippen LogP contribution < -0.4 is 4.72 Å². The first-order valence-electron chi connectivity index (χ1n) is 5.02. The second-order valence-electron chi connectivity index (χ2n) is 3.55. The Balaban J connectivity index is 2.34. The zero-order chi connectivity index (χ0) is 13.2. The molecule has 0 bridgehead atoms. The second kappa shape index (κ2) is 5.30. The van der Waals surface area contributed by atoms with Crippen LogP contribution in [0.3, 0.4) is 0 Å². The van der Waals surface area contributed by atoms with Gasteiger partial charge in [0.15, 0.2) is 0 Å². The van der Waals surface area contributed by atoms with Gasteiger partial charge in [-0.2, -0.15) is 0 Å². The van der Waals surface area contributed by atoms with E-state index in [1.807, 2.05) is 6.07 Å². The standard InChI is InChI=1S/C12H9BrClNO2S/c13-11-7-6-10(8-12(11)14)18(16,17)15-9-4-2-1-3-5-9/h1-8,15H. The summed E-state index contributed by atoms with van der Waals surface area (Å²) in [6, 6.07) is 13.2. The van der Waals surface area contributed by atoms with E-state index in [1.54, 1.807) is 30.3 Å². The Morgan fingerprint density at radius 3 is 2.33 bits per heavy atom. The number of sulfonamides is 1. The first kappa shape index (κ1) is 13.4. The van der Waals surface area contributed by atoms with Gasteiger partial charge in [0.2, 0.25) is 0 Å². The van der Waals surface area contributed by atoms with Gasteiger partial charge >= 0.3 is 0 Å². The highest BCUT2D eigenvalue weighted by Gasteiger charge is 2.15. The molecule has 0 unspecified atom stereocenters. The van der Waals surface area contributed by atoms with Gasteiger partial charge in [-0.15, -0.1) is 0 Å². The fourth-order valence-electron chi connectivity index (χ4n) is 1.36. The minimum Gasteiger partial charge on any atom is -0.280 e. The molecule has 0 radical (unpaired) electrons. The molecule has 0 aliphatic rings. The number of hydrogen-bond acceptors (Lipinski definition) is 2. The van der Waals surface area contributed by atoms with E-state index < -0.39 is 10.0 Å². The molecule has 0 heterocycles. The summed E-state index contributed by atoms with van der Waals surface area (Å²) in [6.07, 6.45) is 0. The third-order valence-electron chi connectivity index (χ3n) is 2.23. The van der Waals surface area contributed by atoms with Gasteiger partial charge in [-0.1, -0.05) is 29.8 Å². The molecule has 0 spiro atoms. The molecule has 2 aromatic carbocycles. The van der Waals surface area contributed by atoms with Crippen LogP contribution in [0.5, 0.6) is 0 Å². The zero-order valence-electron chi connectivity index (χ0n) is 9.10. The predicted octanol–water partition coefficient (Wildman–Crippen LogP) is 3.90. The molecule has 94 valence electrons. The molecule has 0 amide bonds. The number of anilines is 1. The number of rotatable bonds is 3. The molecule has 2 rings (SSSR count). The van der Waals surface area contributed by atoms with Gasteiger partial charge in [-0.3, -0.25) is 4.72 Å². The lowest BCUT2D eigenvalue weighted by Crippen LogP contribution is -2.12. The maximum atomic E-state index is 12.1. The molecule has 6 heteroatoms. The van der Waals surface area contributed by atoms with Gasteiger partial charge in [0.05, 0.1) is 9.92 Å². The van der Waals surface area contributed by atoms with Crippen molar-refractivity contribution >= 4 is 43.2 Å². The van der Waals surface area contributed by atoms with Crippen LogP contribution in [-0.2, 0) is 10.0 Å². The van der Waals surface area contributed by atoms with Crippen molar-refractivity contribution in [2.45, 2.75) is 4.90 Å². The largest absolute Gasteiger partial charge is 0.280 e. The van der Waals surface area contributed by atoms with Crippen molar-refractivity contribution in [1.29, 1.82) is 0 Å². The van der Waals surface area contributed by atoms with E-state index in [0.717, 1.165) is 0 Å². The Labute approximate surface area is 119 Å². The number of hydrogen-bond donors (Lipinski definition) is 1. The summed E-state index contributed by atoms with van der Waals surface area (Å²) in [5.41, 5.74) is 0.511. The van der Waals surface area contributed by atoms with Gasteiger partial charge in [0, 0.05) is 10.2 Å². The number of benzene rings is 2. The maximum Gasteiger partial charge on any atom is 0.261 e. The van der Waals surface area contributed by atoms with Crippen molar-refractivity contribution in [2.24, 2.45) is 0 Å².